The zero-order chi connectivity index (χ0) is 16.7. The third-order valence-electron chi connectivity index (χ3n) is 5.47. The lowest BCUT2D eigenvalue weighted by Gasteiger charge is -2.28. The highest BCUT2D eigenvalue weighted by atomic mass is 32.2. The molecule has 2 aromatic rings. The lowest BCUT2D eigenvalue weighted by Crippen LogP contribution is -2.38. The first-order valence-corrected chi connectivity index (χ1v) is 10.8. The highest BCUT2D eigenvalue weighted by Gasteiger charge is 2.30. The first-order valence-electron chi connectivity index (χ1n) is 8.93. The minimum Gasteiger partial charge on any atom is -0.324 e. The van der Waals surface area contributed by atoms with Gasteiger partial charge < -0.3 is 9.88 Å². The van der Waals surface area contributed by atoms with Crippen LogP contribution in [0.25, 0.3) is 11.0 Å². The third kappa shape index (κ3) is 3.22. The number of benzene rings is 1. The number of hydrogen-bond donors (Lipinski definition) is 1. The van der Waals surface area contributed by atoms with Crippen molar-refractivity contribution in [1.82, 2.24) is 14.9 Å². The van der Waals surface area contributed by atoms with E-state index in [1.54, 1.807) is 0 Å². The number of rotatable bonds is 5. The van der Waals surface area contributed by atoms with Gasteiger partial charge in [-0.1, -0.05) is 12.1 Å². The topological polar surface area (TPSA) is 64.0 Å². The van der Waals surface area contributed by atoms with Crippen LogP contribution in [0.1, 0.15) is 44.5 Å². The summed E-state index contributed by atoms with van der Waals surface area (Å²) in [6, 6.07) is 9.25. The van der Waals surface area contributed by atoms with Gasteiger partial charge in [-0.25, -0.2) is 13.4 Å². The maximum atomic E-state index is 11.6. The molecule has 1 N–H and O–H groups in total. The van der Waals surface area contributed by atoms with Crippen molar-refractivity contribution in [3.05, 3.63) is 30.1 Å². The standard InChI is InChI=1S/C18H25N3O2S/c1-13(14-8-10-24(22,23)11-9-14)19-12-18-20-16-4-2-3-5-17(16)21(18)15-6-7-15/h2-5,13-15,19H,6-12H2,1H3/t13-/m1/s1. The molecule has 1 atom stereocenters. The van der Waals surface area contributed by atoms with Crippen molar-refractivity contribution in [3.8, 4) is 0 Å². The first-order chi connectivity index (χ1) is 11.5. The van der Waals surface area contributed by atoms with Crippen molar-refractivity contribution in [3.63, 3.8) is 0 Å². The van der Waals surface area contributed by atoms with E-state index in [-0.39, 0.29) is 0 Å². The number of nitrogens with one attached hydrogen (secondary N) is 1. The van der Waals surface area contributed by atoms with Gasteiger partial charge in [-0.2, -0.15) is 0 Å². The minimum absolute atomic E-state index is 0.313. The van der Waals surface area contributed by atoms with Gasteiger partial charge in [0, 0.05) is 12.1 Å². The van der Waals surface area contributed by atoms with E-state index < -0.39 is 9.84 Å². The summed E-state index contributed by atoms with van der Waals surface area (Å²) in [7, 11) is -2.79. The molecule has 0 spiro atoms. The fourth-order valence-corrected chi connectivity index (χ4v) is 5.31. The summed E-state index contributed by atoms with van der Waals surface area (Å²) in [6.07, 6.45) is 4.03. The molecule has 1 aromatic carbocycles. The largest absolute Gasteiger partial charge is 0.324 e. The van der Waals surface area contributed by atoms with Gasteiger partial charge in [0.25, 0.3) is 0 Å². The van der Waals surface area contributed by atoms with Crippen LogP contribution in [0.3, 0.4) is 0 Å². The fourth-order valence-electron chi connectivity index (χ4n) is 3.79. The first kappa shape index (κ1) is 16.1. The fraction of sp³-hybridized carbons (Fsp3) is 0.611. The van der Waals surface area contributed by atoms with Crippen LogP contribution < -0.4 is 5.32 Å². The Morgan fingerprint density at radius 3 is 2.62 bits per heavy atom. The summed E-state index contributed by atoms with van der Waals surface area (Å²) >= 11 is 0. The van der Waals surface area contributed by atoms with Gasteiger partial charge in [-0.05, 0) is 50.7 Å². The number of aromatic nitrogens is 2. The smallest absolute Gasteiger partial charge is 0.150 e. The molecule has 130 valence electrons. The molecule has 0 bridgehead atoms. The summed E-state index contributed by atoms with van der Waals surface area (Å²) in [6.45, 7) is 2.92. The van der Waals surface area contributed by atoms with Gasteiger partial charge in [0.2, 0.25) is 0 Å². The van der Waals surface area contributed by atoms with Crippen LogP contribution in [0, 0.1) is 5.92 Å². The van der Waals surface area contributed by atoms with E-state index in [0.29, 0.717) is 29.5 Å². The van der Waals surface area contributed by atoms with Crippen molar-refractivity contribution in [2.45, 2.75) is 51.2 Å². The Labute approximate surface area is 143 Å². The number of para-hydroxylation sites is 2. The predicted molar refractivity (Wildman–Crippen MR) is 95.7 cm³/mol. The zero-order valence-electron chi connectivity index (χ0n) is 14.1. The Kier molecular flexibility index (Phi) is 4.12. The van der Waals surface area contributed by atoms with E-state index in [1.165, 1.54) is 18.4 Å². The van der Waals surface area contributed by atoms with Crippen LogP contribution in [0.2, 0.25) is 0 Å². The quantitative estimate of drug-likeness (QED) is 0.903. The van der Waals surface area contributed by atoms with Crippen LogP contribution in [-0.2, 0) is 16.4 Å². The number of nitrogens with zero attached hydrogens (tertiary/aromatic N) is 2. The number of sulfone groups is 1. The molecular weight excluding hydrogens is 322 g/mol. The lowest BCUT2D eigenvalue weighted by atomic mass is 9.95. The molecule has 0 radical (unpaired) electrons. The molecule has 5 nitrogen and oxygen atoms in total. The molecule has 6 heteroatoms. The van der Waals surface area contributed by atoms with Gasteiger partial charge >= 0.3 is 0 Å². The van der Waals surface area contributed by atoms with Crippen LogP contribution in [-0.4, -0.2) is 35.5 Å². The van der Waals surface area contributed by atoms with E-state index in [1.807, 2.05) is 6.07 Å². The van der Waals surface area contributed by atoms with Gasteiger partial charge in [-0.15, -0.1) is 0 Å². The van der Waals surface area contributed by atoms with Gasteiger partial charge in [-0.3, -0.25) is 0 Å². The molecule has 2 fully saturated rings. The van der Waals surface area contributed by atoms with E-state index in [0.717, 1.165) is 30.7 Å². The number of imidazole rings is 1. The molecule has 0 unspecified atom stereocenters. The second-order valence-electron chi connectivity index (χ2n) is 7.28. The monoisotopic (exact) mass is 347 g/mol. The highest BCUT2D eigenvalue weighted by Crippen LogP contribution is 2.38. The second-order valence-corrected chi connectivity index (χ2v) is 9.58. The van der Waals surface area contributed by atoms with Crippen molar-refractivity contribution in [1.29, 1.82) is 0 Å². The molecular formula is C18H25N3O2S. The highest BCUT2D eigenvalue weighted by molar-refractivity contribution is 7.91. The second kappa shape index (κ2) is 6.15. The molecule has 2 heterocycles. The van der Waals surface area contributed by atoms with Crippen molar-refractivity contribution in [2.75, 3.05) is 11.5 Å². The number of fused-ring (bicyclic) bond motifs is 1. The average molecular weight is 347 g/mol. The zero-order valence-corrected chi connectivity index (χ0v) is 14.9. The Morgan fingerprint density at radius 2 is 1.92 bits per heavy atom. The van der Waals surface area contributed by atoms with Crippen LogP contribution in [0.5, 0.6) is 0 Å². The molecule has 1 saturated heterocycles. The summed E-state index contributed by atoms with van der Waals surface area (Å²) in [4.78, 5) is 4.82. The van der Waals surface area contributed by atoms with E-state index in [4.69, 9.17) is 4.98 Å². The normalized spacial score (nSPS) is 22.7. The molecule has 0 amide bonds. The predicted octanol–water partition coefficient (Wildman–Crippen LogP) is 2.67. The van der Waals surface area contributed by atoms with Gasteiger partial charge in [0.1, 0.15) is 15.7 Å². The van der Waals surface area contributed by atoms with Gasteiger partial charge in [0.15, 0.2) is 0 Å². The van der Waals surface area contributed by atoms with E-state index in [9.17, 15) is 8.42 Å². The SMILES string of the molecule is C[C@@H](NCc1nc2ccccc2n1C1CC1)C1CCS(=O)(=O)CC1. The van der Waals surface area contributed by atoms with Gasteiger partial charge in [0.05, 0.1) is 29.1 Å². The lowest BCUT2D eigenvalue weighted by molar-refractivity contribution is 0.341. The Hall–Kier alpha value is -1.40. The summed E-state index contributed by atoms with van der Waals surface area (Å²) in [5, 5.41) is 3.60. The Morgan fingerprint density at radius 1 is 1.21 bits per heavy atom. The van der Waals surface area contributed by atoms with Crippen LogP contribution in [0.15, 0.2) is 24.3 Å². The Bertz CT molecular complexity index is 825. The molecule has 1 aliphatic heterocycles. The van der Waals surface area contributed by atoms with E-state index >= 15 is 0 Å². The van der Waals surface area contributed by atoms with E-state index in [2.05, 4.69) is 35.0 Å². The summed E-state index contributed by atoms with van der Waals surface area (Å²) < 4.78 is 25.6. The molecule has 2 aliphatic rings. The molecule has 4 rings (SSSR count). The van der Waals surface area contributed by atoms with Crippen molar-refractivity contribution < 1.29 is 8.42 Å². The van der Waals surface area contributed by atoms with Crippen LogP contribution >= 0.6 is 0 Å². The molecule has 24 heavy (non-hydrogen) atoms. The van der Waals surface area contributed by atoms with Crippen molar-refractivity contribution in [2.24, 2.45) is 5.92 Å². The number of hydrogen-bond acceptors (Lipinski definition) is 4. The molecule has 1 aliphatic carbocycles. The Balaban J connectivity index is 1.46. The average Bonchev–Trinajstić information content (AvgIpc) is 3.33. The maximum absolute atomic E-state index is 11.6. The maximum Gasteiger partial charge on any atom is 0.150 e. The molecule has 1 saturated carbocycles. The third-order valence-corrected chi connectivity index (χ3v) is 7.18. The van der Waals surface area contributed by atoms with Crippen LogP contribution in [0.4, 0.5) is 0 Å². The summed E-state index contributed by atoms with van der Waals surface area (Å²) in [5.74, 6) is 2.22. The summed E-state index contributed by atoms with van der Waals surface area (Å²) in [5.41, 5.74) is 2.30. The molecule has 1 aromatic heterocycles. The van der Waals surface area contributed by atoms with Crippen molar-refractivity contribution >= 4 is 20.9 Å². The minimum atomic E-state index is -2.79.